The van der Waals surface area contributed by atoms with Gasteiger partial charge in [-0.3, -0.25) is 4.79 Å². The van der Waals surface area contributed by atoms with Crippen LogP contribution in [0.25, 0.3) is 17.0 Å². The molecule has 1 amide bonds. The van der Waals surface area contributed by atoms with Gasteiger partial charge in [0.15, 0.2) is 5.50 Å². The molecule has 0 bridgehead atoms. The summed E-state index contributed by atoms with van der Waals surface area (Å²) in [6, 6.07) is 24.6. The number of nitrogens with one attached hydrogen (secondary N) is 2. The third kappa shape index (κ3) is 4.46. The van der Waals surface area contributed by atoms with Crippen molar-refractivity contribution in [3.8, 4) is 0 Å². The van der Waals surface area contributed by atoms with Crippen LogP contribution in [-0.2, 0) is 17.8 Å². The molecule has 0 aliphatic carbocycles. The normalized spacial score (nSPS) is 16.9. The number of para-hydroxylation sites is 1. The Hall–Kier alpha value is -3.15. The molecule has 34 heavy (non-hydrogen) atoms. The number of carbonyl (C=O) groups is 1. The number of benzene rings is 3. The molecule has 3 aromatic carbocycles. The summed E-state index contributed by atoms with van der Waals surface area (Å²) in [4.78, 5) is 13.5. The average molecular weight is 488 g/mol. The van der Waals surface area contributed by atoms with E-state index < -0.39 is 0 Å². The van der Waals surface area contributed by atoms with Crippen LogP contribution in [0.5, 0.6) is 0 Å². The van der Waals surface area contributed by atoms with Gasteiger partial charge in [-0.2, -0.15) is 0 Å². The Labute approximate surface area is 209 Å². The lowest BCUT2D eigenvalue weighted by molar-refractivity contribution is -0.116. The number of nitrogens with zero attached hydrogens (tertiary/aromatic N) is 1. The number of halogens is 1. The number of amides is 1. The first-order valence-corrected chi connectivity index (χ1v) is 12.6. The third-order valence-corrected chi connectivity index (χ3v) is 7.63. The van der Waals surface area contributed by atoms with E-state index in [1.807, 2.05) is 36.4 Å². The lowest BCUT2D eigenvalue weighted by Crippen LogP contribution is -2.30. The van der Waals surface area contributed by atoms with Crippen LogP contribution in [0.2, 0.25) is 5.02 Å². The van der Waals surface area contributed by atoms with E-state index in [1.54, 1.807) is 0 Å². The summed E-state index contributed by atoms with van der Waals surface area (Å²) in [5.74, 6) is -0.0602. The minimum Gasteiger partial charge on any atom is -0.357 e. The van der Waals surface area contributed by atoms with E-state index in [2.05, 4.69) is 71.5 Å². The molecule has 1 fully saturated rings. The molecule has 1 atom stereocenters. The maximum atomic E-state index is 12.8. The fourth-order valence-electron chi connectivity index (χ4n) is 4.33. The molecule has 6 heteroatoms. The number of aryl methyl sites for hydroxylation is 1. The number of hydrogen-bond donors (Lipinski definition) is 2. The molecule has 1 aromatic heterocycles. The van der Waals surface area contributed by atoms with E-state index in [0.29, 0.717) is 11.4 Å². The van der Waals surface area contributed by atoms with E-state index in [9.17, 15) is 4.79 Å². The summed E-state index contributed by atoms with van der Waals surface area (Å²) in [6.45, 7) is 4.91. The van der Waals surface area contributed by atoms with Crippen molar-refractivity contribution in [1.82, 2.24) is 9.88 Å². The van der Waals surface area contributed by atoms with E-state index in [1.165, 1.54) is 17.3 Å². The first kappa shape index (κ1) is 22.6. The van der Waals surface area contributed by atoms with Crippen molar-refractivity contribution in [2.24, 2.45) is 0 Å². The summed E-state index contributed by atoms with van der Waals surface area (Å²) in [7, 11) is 0. The van der Waals surface area contributed by atoms with Crippen molar-refractivity contribution < 1.29 is 4.79 Å². The van der Waals surface area contributed by atoms with Crippen LogP contribution in [0.15, 0.2) is 77.7 Å². The summed E-state index contributed by atoms with van der Waals surface area (Å²) in [5, 5.41) is 8.33. The number of aromatic nitrogens is 1. The van der Waals surface area contributed by atoms with Crippen LogP contribution in [0.1, 0.15) is 29.3 Å². The summed E-state index contributed by atoms with van der Waals surface area (Å²) in [6.07, 6.45) is 3.02. The monoisotopic (exact) mass is 487 g/mol. The molecular weight excluding hydrogens is 462 g/mol. The molecule has 4 aromatic rings. The van der Waals surface area contributed by atoms with Gasteiger partial charge >= 0.3 is 0 Å². The standard InChI is InChI=1S/C28H26ClN3OS/c1-3-19-12-14-21(15-13-19)30-28-31-27(33)26(34-28)16-23-18(2)32(25-11-7-5-9-22(23)25)17-20-8-4-6-10-24(20)29/h4-16,28,30H,3,17H2,1-2H3,(H,31,33)/b26-16-/t28-/m0/s1. The van der Waals surface area contributed by atoms with Crippen molar-refractivity contribution >= 4 is 51.9 Å². The first-order chi connectivity index (χ1) is 16.5. The molecular formula is C28H26ClN3OS. The molecule has 2 heterocycles. The molecule has 0 radical (unpaired) electrons. The van der Waals surface area contributed by atoms with Crippen molar-refractivity contribution in [3.05, 3.63) is 105 Å². The molecule has 2 N–H and O–H groups in total. The molecule has 5 rings (SSSR count). The fourth-order valence-corrected chi connectivity index (χ4v) is 5.49. The maximum Gasteiger partial charge on any atom is 0.260 e. The fraction of sp³-hybridized carbons (Fsp3) is 0.179. The van der Waals surface area contributed by atoms with E-state index in [4.69, 9.17) is 11.6 Å². The number of hydrogen-bond acceptors (Lipinski definition) is 3. The Morgan fingerprint density at radius 3 is 2.56 bits per heavy atom. The Morgan fingerprint density at radius 2 is 1.79 bits per heavy atom. The van der Waals surface area contributed by atoms with E-state index in [-0.39, 0.29) is 11.4 Å². The van der Waals surface area contributed by atoms with E-state index in [0.717, 1.165) is 44.9 Å². The summed E-state index contributed by atoms with van der Waals surface area (Å²) >= 11 is 7.96. The van der Waals surface area contributed by atoms with Crippen LogP contribution >= 0.6 is 23.4 Å². The van der Waals surface area contributed by atoms with Crippen molar-refractivity contribution in [2.75, 3.05) is 5.32 Å². The zero-order valence-corrected chi connectivity index (χ0v) is 20.7. The minimum atomic E-state index is -0.206. The van der Waals surface area contributed by atoms with Crippen LogP contribution < -0.4 is 10.6 Å². The van der Waals surface area contributed by atoms with Gasteiger partial charge in [-0.15, -0.1) is 0 Å². The quantitative estimate of drug-likeness (QED) is 0.293. The van der Waals surface area contributed by atoms with Gasteiger partial charge in [0.05, 0.1) is 4.91 Å². The zero-order valence-electron chi connectivity index (χ0n) is 19.1. The number of rotatable bonds is 6. The lowest BCUT2D eigenvalue weighted by Gasteiger charge is -2.12. The average Bonchev–Trinajstić information content (AvgIpc) is 3.32. The Bertz CT molecular complexity index is 1390. The molecule has 4 nitrogen and oxygen atoms in total. The van der Waals surface area contributed by atoms with Gasteiger partial charge < -0.3 is 15.2 Å². The predicted molar refractivity (Wildman–Crippen MR) is 144 cm³/mol. The highest BCUT2D eigenvalue weighted by atomic mass is 35.5. The van der Waals surface area contributed by atoms with Gasteiger partial charge in [-0.05, 0) is 54.8 Å². The van der Waals surface area contributed by atoms with Gasteiger partial charge in [0, 0.05) is 39.4 Å². The Balaban J connectivity index is 1.45. The van der Waals surface area contributed by atoms with Crippen LogP contribution in [-0.4, -0.2) is 16.0 Å². The van der Waals surface area contributed by atoms with Gasteiger partial charge in [0.25, 0.3) is 5.91 Å². The molecule has 0 unspecified atom stereocenters. The molecule has 0 saturated carbocycles. The number of carbonyl (C=O) groups excluding carboxylic acids is 1. The van der Waals surface area contributed by atoms with Crippen molar-refractivity contribution in [3.63, 3.8) is 0 Å². The lowest BCUT2D eigenvalue weighted by atomic mass is 10.1. The molecule has 0 spiro atoms. The smallest absolute Gasteiger partial charge is 0.260 e. The number of thioether (sulfide) groups is 1. The van der Waals surface area contributed by atoms with Gasteiger partial charge in [-0.1, -0.05) is 78.8 Å². The molecule has 1 saturated heterocycles. The van der Waals surface area contributed by atoms with Gasteiger partial charge in [0.2, 0.25) is 0 Å². The SMILES string of the molecule is CCc1ccc(N[C@H]2NC(=O)/C(=C/c3c(C)n(Cc4ccccc4Cl)c4ccccc34)S2)cc1. The highest BCUT2D eigenvalue weighted by Crippen LogP contribution is 2.35. The molecule has 1 aliphatic heterocycles. The van der Waals surface area contributed by atoms with Crippen LogP contribution in [0.3, 0.4) is 0 Å². The van der Waals surface area contributed by atoms with Gasteiger partial charge in [-0.25, -0.2) is 0 Å². The van der Waals surface area contributed by atoms with Crippen molar-refractivity contribution in [2.45, 2.75) is 32.3 Å². The second kappa shape index (κ2) is 9.61. The summed E-state index contributed by atoms with van der Waals surface area (Å²) in [5.41, 5.74) is 6.44. The van der Waals surface area contributed by atoms with Crippen LogP contribution in [0, 0.1) is 6.92 Å². The van der Waals surface area contributed by atoms with Gasteiger partial charge in [0.1, 0.15) is 0 Å². The largest absolute Gasteiger partial charge is 0.357 e. The predicted octanol–water partition coefficient (Wildman–Crippen LogP) is 6.81. The second-order valence-electron chi connectivity index (χ2n) is 8.37. The molecule has 172 valence electrons. The highest BCUT2D eigenvalue weighted by molar-refractivity contribution is 8.05. The van der Waals surface area contributed by atoms with E-state index >= 15 is 0 Å². The highest BCUT2D eigenvalue weighted by Gasteiger charge is 2.28. The zero-order chi connectivity index (χ0) is 23.7. The first-order valence-electron chi connectivity index (χ1n) is 11.4. The number of fused-ring (bicyclic) bond motifs is 1. The third-order valence-electron chi connectivity index (χ3n) is 6.23. The molecule has 1 aliphatic rings. The Kier molecular flexibility index (Phi) is 6.40. The second-order valence-corrected chi connectivity index (χ2v) is 9.92. The minimum absolute atomic E-state index is 0.0602. The van der Waals surface area contributed by atoms with Crippen LogP contribution in [0.4, 0.5) is 5.69 Å². The maximum absolute atomic E-state index is 12.8. The van der Waals surface area contributed by atoms with Crippen molar-refractivity contribution in [1.29, 1.82) is 0 Å². The number of anilines is 1. The Morgan fingerprint density at radius 1 is 1.06 bits per heavy atom. The topological polar surface area (TPSA) is 46.1 Å². The summed E-state index contributed by atoms with van der Waals surface area (Å²) < 4.78 is 2.27.